The molecule has 2 amide bonds. The lowest BCUT2D eigenvalue weighted by atomic mass is 10.1. The highest BCUT2D eigenvalue weighted by Crippen LogP contribution is 2.32. The second kappa shape index (κ2) is 11.4. The summed E-state index contributed by atoms with van der Waals surface area (Å²) >= 11 is 0. The Hall–Kier alpha value is -3.26. The molecular formula is C24H31N3O5. The zero-order valence-corrected chi connectivity index (χ0v) is 18.8. The van der Waals surface area contributed by atoms with Gasteiger partial charge in [-0.05, 0) is 24.1 Å². The molecule has 2 aromatic carbocycles. The highest BCUT2D eigenvalue weighted by Gasteiger charge is 2.32. The first-order chi connectivity index (χ1) is 15.6. The summed E-state index contributed by atoms with van der Waals surface area (Å²) in [6.07, 6.45) is 0.737. The summed E-state index contributed by atoms with van der Waals surface area (Å²) < 4.78 is 16.3. The van der Waals surface area contributed by atoms with Gasteiger partial charge in [-0.15, -0.1) is 0 Å². The van der Waals surface area contributed by atoms with Crippen molar-refractivity contribution in [1.29, 1.82) is 0 Å². The molecule has 0 aliphatic carbocycles. The van der Waals surface area contributed by atoms with Gasteiger partial charge in [0.25, 0.3) is 0 Å². The van der Waals surface area contributed by atoms with Crippen LogP contribution in [-0.4, -0.2) is 63.7 Å². The molecule has 1 fully saturated rings. The number of carbonyl (C=O) groups excluding carboxylic acids is 2. The number of hydrogen-bond acceptors (Lipinski definition) is 6. The lowest BCUT2D eigenvalue weighted by molar-refractivity contribution is -0.134. The summed E-state index contributed by atoms with van der Waals surface area (Å²) in [5.41, 5.74) is 1.93. The molecule has 0 radical (unpaired) electrons. The van der Waals surface area contributed by atoms with Crippen LogP contribution in [0.15, 0.2) is 42.5 Å². The Kier molecular flexibility index (Phi) is 8.33. The van der Waals surface area contributed by atoms with Gasteiger partial charge in [-0.2, -0.15) is 0 Å². The molecule has 8 nitrogen and oxygen atoms in total. The molecule has 1 atom stereocenters. The molecule has 8 heteroatoms. The van der Waals surface area contributed by atoms with E-state index in [9.17, 15) is 9.59 Å². The van der Waals surface area contributed by atoms with Gasteiger partial charge in [-0.1, -0.05) is 30.3 Å². The second-order valence-corrected chi connectivity index (χ2v) is 7.55. The number of hydrogen-bond donors (Lipinski definition) is 2. The number of methoxy groups -OCH3 is 3. The highest BCUT2D eigenvalue weighted by atomic mass is 16.5. The normalized spacial score (nSPS) is 16.2. The van der Waals surface area contributed by atoms with Crippen LogP contribution in [-0.2, 0) is 22.6 Å². The van der Waals surface area contributed by atoms with Crippen LogP contribution in [0.1, 0.15) is 17.5 Å². The first kappa shape index (κ1) is 23.4. The maximum atomic E-state index is 12.6. The van der Waals surface area contributed by atoms with Crippen LogP contribution in [0.3, 0.4) is 0 Å². The summed E-state index contributed by atoms with van der Waals surface area (Å²) in [5, 5.41) is 5.80. The summed E-state index contributed by atoms with van der Waals surface area (Å²) in [7, 11) is 4.82. The zero-order valence-electron chi connectivity index (χ0n) is 18.8. The van der Waals surface area contributed by atoms with Gasteiger partial charge in [-0.25, -0.2) is 0 Å². The molecular weight excluding hydrogens is 410 g/mol. The Bertz CT molecular complexity index is 934. The van der Waals surface area contributed by atoms with Crippen LogP contribution in [0.25, 0.3) is 0 Å². The van der Waals surface area contributed by atoms with Crippen LogP contribution in [0.2, 0.25) is 0 Å². The van der Waals surface area contributed by atoms with Gasteiger partial charge in [0, 0.05) is 31.7 Å². The standard InChI is InChI=1S/C24H31N3O5/c1-30-20-9-5-4-7-17(20)11-12-25-22(28)15-19-24(29)26-13-14-27(19)16-18-8-6-10-21(31-2)23(18)32-3/h4-10,19H,11-16H2,1-3H3,(H,25,28)(H,26,29). The van der Waals surface area contributed by atoms with E-state index in [1.165, 1.54) is 0 Å². The fourth-order valence-corrected chi connectivity index (χ4v) is 3.96. The largest absolute Gasteiger partial charge is 0.496 e. The predicted octanol–water partition coefficient (Wildman–Crippen LogP) is 1.76. The predicted molar refractivity (Wildman–Crippen MR) is 121 cm³/mol. The summed E-state index contributed by atoms with van der Waals surface area (Å²) in [4.78, 5) is 27.2. The van der Waals surface area contributed by atoms with Gasteiger partial charge < -0.3 is 24.8 Å². The Morgan fingerprint density at radius 3 is 2.50 bits per heavy atom. The van der Waals surface area contributed by atoms with E-state index in [1.807, 2.05) is 47.4 Å². The molecule has 2 aromatic rings. The Morgan fingerprint density at radius 1 is 1.03 bits per heavy atom. The Morgan fingerprint density at radius 2 is 1.75 bits per heavy atom. The van der Waals surface area contributed by atoms with E-state index in [4.69, 9.17) is 14.2 Å². The van der Waals surface area contributed by atoms with Crippen molar-refractivity contribution in [2.75, 3.05) is 41.0 Å². The molecule has 0 bridgehead atoms. The maximum Gasteiger partial charge on any atom is 0.237 e. The first-order valence-corrected chi connectivity index (χ1v) is 10.7. The molecule has 0 aromatic heterocycles. The fraction of sp³-hybridized carbons (Fsp3) is 0.417. The molecule has 1 unspecified atom stereocenters. The van der Waals surface area contributed by atoms with Crippen molar-refractivity contribution in [2.24, 2.45) is 0 Å². The number of carbonyl (C=O) groups is 2. The lowest BCUT2D eigenvalue weighted by Gasteiger charge is -2.35. The van der Waals surface area contributed by atoms with E-state index in [2.05, 4.69) is 10.6 Å². The molecule has 1 saturated heterocycles. The topological polar surface area (TPSA) is 89.1 Å². The molecule has 3 rings (SSSR count). The number of benzene rings is 2. The molecule has 172 valence electrons. The number of nitrogens with one attached hydrogen (secondary N) is 2. The lowest BCUT2D eigenvalue weighted by Crippen LogP contribution is -2.56. The minimum atomic E-state index is -0.550. The zero-order chi connectivity index (χ0) is 22.9. The van der Waals surface area contributed by atoms with Gasteiger partial charge in [0.2, 0.25) is 11.8 Å². The molecule has 32 heavy (non-hydrogen) atoms. The van der Waals surface area contributed by atoms with Crippen molar-refractivity contribution in [3.8, 4) is 17.2 Å². The van der Waals surface area contributed by atoms with E-state index >= 15 is 0 Å². The second-order valence-electron chi connectivity index (χ2n) is 7.55. The third-order valence-corrected chi connectivity index (χ3v) is 5.59. The van der Waals surface area contributed by atoms with E-state index in [-0.39, 0.29) is 18.2 Å². The summed E-state index contributed by atoms with van der Waals surface area (Å²) in [6.45, 7) is 2.13. The molecule has 1 aliphatic heterocycles. The van der Waals surface area contributed by atoms with Gasteiger partial charge >= 0.3 is 0 Å². The van der Waals surface area contributed by atoms with Crippen LogP contribution in [0, 0.1) is 0 Å². The molecule has 0 spiro atoms. The van der Waals surface area contributed by atoms with Gasteiger partial charge in [0.05, 0.1) is 33.8 Å². The van der Waals surface area contributed by atoms with Gasteiger partial charge in [0.15, 0.2) is 11.5 Å². The number of para-hydroxylation sites is 2. The Balaban J connectivity index is 1.62. The van der Waals surface area contributed by atoms with Crippen LogP contribution >= 0.6 is 0 Å². The number of rotatable bonds is 10. The minimum absolute atomic E-state index is 0.0873. The fourth-order valence-electron chi connectivity index (χ4n) is 3.96. The number of piperazine rings is 1. The van der Waals surface area contributed by atoms with Crippen molar-refractivity contribution in [2.45, 2.75) is 25.4 Å². The van der Waals surface area contributed by atoms with Crippen LogP contribution < -0.4 is 24.8 Å². The van der Waals surface area contributed by atoms with E-state index in [0.717, 1.165) is 16.9 Å². The first-order valence-electron chi connectivity index (χ1n) is 10.7. The van der Waals surface area contributed by atoms with Crippen molar-refractivity contribution in [1.82, 2.24) is 15.5 Å². The van der Waals surface area contributed by atoms with Gasteiger partial charge in [-0.3, -0.25) is 14.5 Å². The van der Waals surface area contributed by atoms with E-state index in [0.29, 0.717) is 44.1 Å². The third kappa shape index (κ3) is 5.70. The molecule has 0 saturated carbocycles. The number of ether oxygens (including phenoxy) is 3. The van der Waals surface area contributed by atoms with Gasteiger partial charge in [0.1, 0.15) is 5.75 Å². The highest BCUT2D eigenvalue weighted by molar-refractivity contribution is 5.88. The maximum absolute atomic E-state index is 12.6. The van der Waals surface area contributed by atoms with Crippen LogP contribution in [0.5, 0.6) is 17.2 Å². The summed E-state index contributed by atoms with van der Waals surface area (Å²) in [6, 6.07) is 12.8. The van der Waals surface area contributed by atoms with Crippen molar-refractivity contribution in [3.05, 3.63) is 53.6 Å². The van der Waals surface area contributed by atoms with Crippen molar-refractivity contribution in [3.63, 3.8) is 0 Å². The van der Waals surface area contributed by atoms with E-state index < -0.39 is 6.04 Å². The minimum Gasteiger partial charge on any atom is -0.496 e. The van der Waals surface area contributed by atoms with E-state index in [1.54, 1.807) is 21.3 Å². The smallest absolute Gasteiger partial charge is 0.237 e. The van der Waals surface area contributed by atoms with Crippen molar-refractivity contribution >= 4 is 11.8 Å². The monoisotopic (exact) mass is 441 g/mol. The quantitative estimate of drug-likeness (QED) is 0.584. The number of amides is 2. The molecule has 1 aliphatic rings. The number of nitrogens with zero attached hydrogens (tertiary/aromatic N) is 1. The summed E-state index contributed by atoms with van der Waals surface area (Å²) in [5.74, 6) is 1.77. The van der Waals surface area contributed by atoms with Crippen LogP contribution in [0.4, 0.5) is 0 Å². The third-order valence-electron chi connectivity index (χ3n) is 5.59. The average molecular weight is 442 g/mol. The van der Waals surface area contributed by atoms with Crippen molar-refractivity contribution < 1.29 is 23.8 Å². The average Bonchev–Trinajstić information content (AvgIpc) is 2.81. The molecule has 1 heterocycles. The molecule has 2 N–H and O–H groups in total. The SMILES string of the molecule is COc1ccccc1CCNC(=O)CC1C(=O)NCCN1Cc1cccc(OC)c1OC. The Labute approximate surface area is 188 Å².